The number of halogens is 1. The van der Waals surface area contributed by atoms with Crippen molar-refractivity contribution in [2.24, 2.45) is 0 Å². The zero-order chi connectivity index (χ0) is 21.5. The highest BCUT2D eigenvalue weighted by Crippen LogP contribution is 2.30. The van der Waals surface area contributed by atoms with Crippen LogP contribution < -0.4 is 10.6 Å². The number of aromatic nitrogens is 1. The molecule has 3 amide bonds. The summed E-state index contributed by atoms with van der Waals surface area (Å²) in [5.41, 5.74) is 2.40. The Hall–Kier alpha value is -3.32. The lowest BCUT2D eigenvalue weighted by molar-refractivity contribution is -0.119. The minimum Gasteiger partial charge on any atom is -0.347 e. The quantitative estimate of drug-likeness (QED) is 0.651. The van der Waals surface area contributed by atoms with Gasteiger partial charge in [-0.15, -0.1) is 0 Å². The summed E-state index contributed by atoms with van der Waals surface area (Å²) < 4.78 is 1.99. The minimum atomic E-state index is -0.414. The fourth-order valence-electron chi connectivity index (χ4n) is 4.36. The smallest absolute Gasteiger partial charge is 0.256 e. The Bertz CT molecular complexity index is 1220. The maximum absolute atomic E-state index is 12.9. The van der Waals surface area contributed by atoms with Gasteiger partial charge in [-0.05, 0) is 54.6 Å². The average Bonchev–Trinajstić information content (AvgIpc) is 3.38. The van der Waals surface area contributed by atoms with E-state index in [9.17, 15) is 14.4 Å². The van der Waals surface area contributed by atoms with Crippen molar-refractivity contribution in [3.05, 3.63) is 59.2 Å². The van der Waals surface area contributed by atoms with Gasteiger partial charge < -0.3 is 20.1 Å². The monoisotopic (exact) mass is 436 g/mol. The van der Waals surface area contributed by atoms with Gasteiger partial charge >= 0.3 is 0 Å². The lowest BCUT2D eigenvalue weighted by atomic mass is 10.1. The highest BCUT2D eigenvalue weighted by molar-refractivity contribution is 6.31. The highest BCUT2D eigenvalue weighted by atomic mass is 35.5. The number of anilines is 2. The predicted molar refractivity (Wildman–Crippen MR) is 119 cm³/mol. The molecule has 0 saturated carbocycles. The van der Waals surface area contributed by atoms with E-state index >= 15 is 0 Å². The molecule has 31 heavy (non-hydrogen) atoms. The van der Waals surface area contributed by atoms with Crippen molar-refractivity contribution in [3.8, 4) is 0 Å². The molecule has 2 aliphatic heterocycles. The molecule has 5 rings (SSSR count). The summed E-state index contributed by atoms with van der Waals surface area (Å²) >= 11 is 6.09. The van der Waals surface area contributed by atoms with Gasteiger partial charge in [-0.25, -0.2) is 0 Å². The topological polar surface area (TPSA) is 83.4 Å². The van der Waals surface area contributed by atoms with Crippen LogP contribution in [0.3, 0.4) is 0 Å². The van der Waals surface area contributed by atoms with Gasteiger partial charge in [0.05, 0.1) is 11.3 Å². The number of nitrogens with zero attached hydrogens (tertiary/aromatic N) is 2. The fourth-order valence-corrected chi connectivity index (χ4v) is 4.52. The zero-order valence-corrected chi connectivity index (χ0v) is 17.5. The molecule has 8 heteroatoms. The second-order valence-corrected chi connectivity index (χ2v) is 8.35. The first-order chi connectivity index (χ1) is 15.0. The molecule has 0 aliphatic carbocycles. The van der Waals surface area contributed by atoms with Crippen LogP contribution in [0.2, 0.25) is 5.02 Å². The lowest BCUT2D eigenvalue weighted by Gasteiger charge is -2.20. The molecule has 0 radical (unpaired) electrons. The van der Waals surface area contributed by atoms with Crippen LogP contribution in [0.1, 0.15) is 29.6 Å². The van der Waals surface area contributed by atoms with Gasteiger partial charge in [-0.1, -0.05) is 17.7 Å². The molecule has 2 aliphatic rings. The molecule has 3 aromatic rings. The van der Waals surface area contributed by atoms with E-state index in [-0.39, 0.29) is 24.1 Å². The number of amides is 3. The summed E-state index contributed by atoms with van der Waals surface area (Å²) in [6.45, 7) is 1.08. The molecule has 2 aromatic carbocycles. The van der Waals surface area contributed by atoms with Crippen LogP contribution in [0.4, 0.5) is 11.4 Å². The van der Waals surface area contributed by atoms with E-state index in [0.29, 0.717) is 41.5 Å². The van der Waals surface area contributed by atoms with Crippen molar-refractivity contribution in [3.63, 3.8) is 0 Å². The molecular weight excluding hydrogens is 416 g/mol. The van der Waals surface area contributed by atoms with Crippen LogP contribution in [0.5, 0.6) is 0 Å². The van der Waals surface area contributed by atoms with Gasteiger partial charge in [0.15, 0.2) is 0 Å². The Kier molecular flexibility index (Phi) is 4.90. The third-order valence-electron chi connectivity index (χ3n) is 5.92. The fraction of sp³-hybridized carbons (Fsp3) is 0.261. The van der Waals surface area contributed by atoms with Crippen molar-refractivity contribution in [2.75, 3.05) is 17.2 Å². The minimum absolute atomic E-state index is 0.152. The van der Waals surface area contributed by atoms with E-state index in [0.717, 1.165) is 17.3 Å². The van der Waals surface area contributed by atoms with Crippen molar-refractivity contribution in [1.82, 2.24) is 9.47 Å². The van der Waals surface area contributed by atoms with Gasteiger partial charge in [-0.2, -0.15) is 0 Å². The summed E-state index contributed by atoms with van der Waals surface area (Å²) in [5.74, 6) is -0.490. The normalized spacial score (nSPS) is 17.8. The van der Waals surface area contributed by atoms with E-state index in [2.05, 4.69) is 10.6 Å². The van der Waals surface area contributed by atoms with E-state index in [1.807, 2.05) is 35.0 Å². The Morgan fingerprint density at radius 3 is 2.90 bits per heavy atom. The summed E-state index contributed by atoms with van der Waals surface area (Å²) in [6, 6.07) is 12.3. The van der Waals surface area contributed by atoms with Gasteiger partial charge in [0.25, 0.3) is 5.91 Å². The summed E-state index contributed by atoms with van der Waals surface area (Å²) in [6.07, 6.45) is 3.69. The summed E-state index contributed by atoms with van der Waals surface area (Å²) in [4.78, 5) is 39.5. The molecule has 1 fully saturated rings. The number of benzene rings is 2. The molecule has 2 N–H and O–H groups in total. The van der Waals surface area contributed by atoms with Gasteiger partial charge in [0, 0.05) is 41.9 Å². The van der Waals surface area contributed by atoms with Gasteiger partial charge in [-0.3, -0.25) is 14.4 Å². The molecule has 1 atom stereocenters. The van der Waals surface area contributed by atoms with Gasteiger partial charge in [0.1, 0.15) is 6.04 Å². The molecule has 1 aromatic heterocycles. The van der Waals surface area contributed by atoms with Crippen molar-refractivity contribution >= 4 is 51.6 Å². The van der Waals surface area contributed by atoms with E-state index in [1.165, 1.54) is 0 Å². The summed E-state index contributed by atoms with van der Waals surface area (Å²) in [7, 11) is 0. The molecule has 0 bridgehead atoms. The van der Waals surface area contributed by atoms with Crippen LogP contribution in [0.25, 0.3) is 10.9 Å². The van der Waals surface area contributed by atoms with Crippen LogP contribution in [0.15, 0.2) is 48.7 Å². The summed E-state index contributed by atoms with van der Waals surface area (Å²) in [5, 5.41) is 7.42. The van der Waals surface area contributed by atoms with Crippen molar-refractivity contribution < 1.29 is 14.4 Å². The lowest BCUT2D eigenvalue weighted by Crippen LogP contribution is -2.40. The SMILES string of the molecule is O=C(CCn1ccc2ccc(Cl)cc21)Nc1ccc2c(c1)C(=O)N1CCC[C@H]1C(=O)N2. The molecule has 158 valence electrons. The second-order valence-electron chi connectivity index (χ2n) is 7.92. The number of nitrogens with one attached hydrogen (secondary N) is 2. The Labute approximate surface area is 184 Å². The van der Waals surface area contributed by atoms with E-state index in [1.54, 1.807) is 23.1 Å². The molecule has 1 saturated heterocycles. The molecule has 0 spiro atoms. The van der Waals surface area contributed by atoms with Gasteiger partial charge in [0.2, 0.25) is 11.8 Å². The maximum Gasteiger partial charge on any atom is 0.256 e. The average molecular weight is 437 g/mol. The molecule has 0 unspecified atom stereocenters. The molecule has 3 heterocycles. The largest absolute Gasteiger partial charge is 0.347 e. The number of aryl methyl sites for hydroxylation is 1. The van der Waals surface area contributed by atoms with Crippen LogP contribution in [-0.2, 0) is 16.1 Å². The van der Waals surface area contributed by atoms with Crippen molar-refractivity contribution in [1.29, 1.82) is 0 Å². The third kappa shape index (κ3) is 3.65. The molecule has 7 nitrogen and oxygen atoms in total. The first kappa shape index (κ1) is 19.6. The number of carbonyl (C=O) groups excluding carboxylic acids is 3. The first-order valence-electron chi connectivity index (χ1n) is 10.3. The third-order valence-corrected chi connectivity index (χ3v) is 6.16. The van der Waals surface area contributed by atoms with E-state index < -0.39 is 6.04 Å². The Morgan fingerprint density at radius 2 is 2.03 bits per heavy atom. The van der Waals surface area contributed by atoms with Crippen molar-refractivity contribution in [2.45, 2.75) is 31.8 Å². The molecular formula is C23H21ClN4O3. The number of carbonyl (C=O) groups is 3. The second kappa shape index (κ2) is 7.74. The Balaban J connectivity index is 1.30. The van der Waals surface area contributed by atoms with Crippen LogP contribution in [-0.4, -0.2) is 39.8 Å². The Morgan fingerprint density at radius 1 is 1.16 bits per heavy atom. The number of rotatable bonds is 4. The maximum atomic E-state index is 12.9. The highest BCUT2D eigenvalue weighted by Gasteiger charge is 2.38. The zero-order valence-electron chi connectivity index (χ0n) is 16.7. The van der Waals surface area contributed by atoms with Crippen LogP contribution in [0, 0.1) is 0 Å². The van der Waals surface area contributed by atoms with Crippen LogP contribution >= 0.6 is 11.6 Å². The standard InChI is InChI=1S/C23H21ClN4O3/c24-15-4-3-14-7-10-27(20(14)12-15)11-8-21(29)25-16-5-6-18-17(13-16)23(31)28-9-1-2-19(28)22(30)26-18/h3-7,10,12-13,19H,1-2,8-9,11H2,(H,25,29)(H,26,30)/t19-/m0/s1. The predicted octanol–water partition coefficient (Wildman–Crippen LogP) is 3.88. The number of hydrogen-bond donors (Lipinski definition) is 2. The number of hydrogen-bond acceptors (Lipinski definition) is 3. The first-order valence-corrected chi connectivity index (χ1v) is 10.7. The van der Waals surface area contributed by atoms with E-state index in [4.69, 9.17) is 11.6 Å². The number of fused-ring (bicyclic) bond motifs is 3.